The summed E-state index contributed by atoms with van der Waals surface area (Å²) in [5.41, 5.74) is 9.81. The highest BCUT2D eigenvalue weighted by Gasteiger charge is 2.22. The quantitative estimate of drug-likeness (QED) is 0.0210. The maximum atomic E-state index is 13.4. The first-order valence-electron chi connectivity index (χ1n) is 18.0. The summed E-state index contributed by atoms with van der Waals surface area (Å²) >= 11 is 0. The predicted octanol–water partition coefficient (Wildman–Crippen LogP) is 0.862. The van der Waals surface area contributed by atoms with E-state index in [4.69, 9.17) is 38.7 Å². The molecule has 0 spiro atoms. The number of carbonyl (C=O) groups is 1. The van der Waals surface area contributed by atoms with Crippen LogP contribution in [-0.4, -0.2) is 139 Å². The molecule has 306 valence electrons. The molecule has 3 N–H and O–H groups in total. The van der Waals surface area contributed by atoms with E-state index in [1.807, 2.05) is 0 Å². The Morgan fingerprint density at radius 2 is 1.07 bits per heavy atom. The molecule has 4 aromatic rings. The van der Waals surface area contributed by atoms with Crippen LogP contribution in [0.4, 0.5) is 0 Å². The van der Waals surface area contributed by atoms with Gasteiger partial charge in [0.1, 0.15) is 43.5 Å². The minimum absolute atomic E-state index is 0.00568. The summed E-state index contributed by atoms with van der Waals surface area (Å²) in [6, 6.07) is 2.93. The van der Waals surface area contributed by atoms with Crippen LogP contribution in [0.15, 0.2) is 35.8 Å². The zero-order valence-electron chi connectivity index (χ0n) is 31.0. The molecule has 4 rings (SSSR count). The van der Waals surface area contributed by atoms with Crippen LogP contribution in [-0.2, 0) is 58.4 Å². The Labute approximate surface area is 321 Å². The summed E-state index contributed by atoms with van der Waals surface area (Å²) in [6.45, 7) is 3.17. The lowest BCUT2D eigenvalue weighted by molar-refractivity contribution is 0.00130. The largest absolute Gasteiger partial charge is 0.483 e. The molecule has 0 aliphatic heterocycles. The van der Waals surface area contributed by atoms with E-state index in [2.05, 4.69) is 41.0 Å². The first-order valence-corrected chi connectivity index (χ1v) is 18.0. The van der Waals surface area contributed by atoms with Crippen molar-refractivity contribution in [1.82, 2.24) is 45.0 Å². The molecule has 0 unspecified atom stereocenters. The van der Waals surface area contributed by atoms with Gasteiger partial charge in [0.15, 0.2) is 11.5 Å². The molecule has 56 heavy (non-hydrogen) atoms. The van der Waals surface area contributed by atoms with Gasteiger partial charge in [-0.3, -0.25) is 14.0 Å². The van der Waals surface area contributed by atoms with Gasteiger partial charge in [0.2, 0.25) is 5.75 Å². The molecular weight excluding hydrogens is 740 g/mol. The molecule has 0 radical (unpaired) electrons. The van der Waals surface area contributed by atoms with Crippen LogP contribution in [0.5, 0.6) is 17.2 Å². The predicted molar refractivity (Wildman–Crippen MR) is 191 cm³/mol. The number of benzene rings is 1. The van der Waals surface area contributed by atoms with Crippen molar-refractivity contribution >= 4 is 5.97 Å². The van der Waals surface area contributed by atoms with E-state index in [-0.39, 0.29) is 88.8 Å². The van der Waals surface area contributed by atoms with Crippen LogP contribution in [0.25, 0.3) is 10.4 Å². The number of ether oxygens (including phenoxy) is 7. The molecule has 3 aromatic heterocycles. The SMILES string of the molecule is [N-]=[N+]=NCCOCCOCCOCCOC(=O)c1cc(OCc2cn(CCCO)nn2)c(OCc2cn(CCCO)nn2)c(OCc2cn(CCCO)nn2)c1. The van der Waals surface area contributed by atoms with Crippen LogP contribution in [0.3, 0.4) is 0 Å². The molecule has 23 heteroatoms. The van der Waals surface area contributed by atoms with Crippen molar-refractivity contribution in [2.45, 2.75) is 58.7 Å². The summed E-state index contributed by atoms with van der Waals surface area (Å²) < 4.78 is 45.0. The van der Waals surface area contributed by atoms with E-state index in [1.54, 1.807) is 32.6 Å². The van der Waals surface area contributed by atoms with Crippen molar-refractivity contribution < 1.29 is 53.3 Å². The monoisotopic (exact) mass is 788 g/mol. The van der Waals surface area contributed by atoms with Gasteiger partial charge in [0, 0.05) is 50.9 Å². The zero-order valence-corrected chi connectivity index (χ0v) is 31.0. The summed E-state index contributed by atoms with van der Waals surface area (Å²) in [6.07, 6.45) is 6.57. The summed E-state index contributed by atoms with van der Waals surface area (Å²) in [7, 11) is 0. The highest BCUT2D eigenvalue weighted by Crippen LogP contribution is 2.40. The average Bonchev–Trinajstić information content (AvgIpc) is 3.99. The number of aryl methyl sites for hydroxylation is 3. The molecular formula is C33H48N12O11. The Morgan fingerprint density at radius 1 is 0.643 bits per heavy atom. The fourth-order valence-corrected chi connectivity index (χ4v) is 4.71. The molecule has 0 saturated heterocycles. The smallest absolute Gasteiger partial charge is 0.338 e. The fraction of sp³-hybridized carbons (Fsp3) is 0.606. The lowest BCUT2D eigenvalue weighted by Crippen LogP contribution is -2.15. The Balaban J connectivity index is 1.46. The van der Waals surface area contributed by atoms with E-state index in [9.17, 15) is 20.1 Å². The third kappa shape index (κ3) is 15.7. The van der Waals surface area contributed by atoms with E-state index >= 15 is 0 Å². The van der Waals surface area contributed by atoms with Crippen molar-refractivity contribution in [3.63, 3.8) is 0 Å². The maximum absolute atomic E-state index is 13.4. The molecule has 3 heterocycles. The molecule has 0 aliphatic rings. The summed E-state index contributed by atoms with van der Waals surface area (Å²) in [5.74, 6) is -0.264. The van der Waals surface area contributed by atoms with E-state index < -0.39 is 5.97 Å². The van der Waals surface area contributed by atoms with Gasteiger partial charge in [-0.25, -0.2) is 4.79 Å². The topological polar surface area (TPSA) is 283 Å². The lowest BCUT2D eigenvalue weighted by atomic mass is 10.1. The molecule has 0 saturated carbocycles. The molecule has 0 aliphatic carbocycles. The van der Waals surface area contributed by atoms with Crippen molar-refractivity contribution in [3.8, 4) is 17.2 Å². The molecule has 0 bridgehead atoms. The summed E-state index contributed by atoms with van der Waals surface area (Å²) in [5, 5.41) is 55.6. The Kier molecular flexibility index (Phi) is 19.8. The first kappa shape index (κ1) is 43.3. The second-order valence-electron chi connectivity index (χ2n) is 11.7. The van der Waals surface area contributed by atoms with E-state index in [0.29, 0.717) is 82.4 Å². The van der Waals surface area contributed by atoms with Crippen molar-refractivity contribution in [2.24, 2.45) is 5.11 Å². The number of azide groups is 1. The Hall–Kier alpha value is -5.42. The normalized spacial score (nSPS) is 11.1. The minimum atomic E-state index is -0.680. The van der Waals surface area contributed by atoms with Crippen molar-refractivity contribution in [3.05, 3.63) is 63.8 Å². The first-order chi connectivity index (χ1) is 27.5. The standard InChI is InChI=1S/C33H48N12O11/c34-39-35-4-11-50-12-13-51-14-15-52-16-17-53-33(49)26-18-30(54-23-27-20-43(40-36-27)5-1-8-46)32(56-25-29-22-45(42-38-29)7-3-10-48)31(19-26)55-24-28-21-44(41-37-28)6-2-9-47/h18-22,46-48H,1-17,23-25H2. The van der Waals surface area contributed by atoms with Crippen LogP contribution in [0.1, 0.15) is 46.7 Å². The summed E-state index contributed by atoms with van der Waals surface area (Å²) in [4.78, 5) is 16.0. The number of rotatable bonds is 31. The number of aliphatic hydroxyl groups excluding tert-OH is 3. The number of aliphatic hydroxyl groups is 3. The van der Waals surface area contributed by atoms with Gasteiger partial charge in [-0.1, -0.05) is 20.8 Å². The minimum Gasteiger partial charge on any atom is -0.483 e. The van der Waals surface area contributed by atoms with Crippen LogP contribution in [0.2, 0.25) is 0 Å². The Morgan fingerprint density at radius 3 is 1.52 bits per heavy atom. The van der Waals surface area contributed by atoms with Crippen molar-refractivity contribution in [2.75, 3.05) is 72.6 Å². The Bertz CT molecular complexity index is 1690. The van der Waals surface area contributed by atoms with Gasteiger partial charge in [-0.05, 0) is 36.9 Å². The van der Waals surface area contributed by atoms with Crippen LogP contribution >= 0.6 is 0 Å². The van der Waals surface area contributed by atoms with E-state index in [0.717, 1.165) is 0 Å². The molecule has 23 nitrogen and oxygen atoms in total. The number of hydrogen-bond acceptors (Lipinski definition) is 18. The molecule has 0 atom stereocenters. The second kappa shape index (κ2) is 25.6. The third-order valence-corrected chi connectivity index (χ3v) is 7.37. The van der Waals surface area contributed by atoms with Gasteiger partial charge < -0.3 is 48.5 Å². The van der Waals surface area contributed by atoms with Gasteiger partial charge in [-0.15, -0.1) is 15.3 Å². The van der Waals surface area contributed by atoms with Gasteiger partial charge >= 0.3 is 5.97 Å². The average molecular weight is 789 g/mol. The molecule has 0 amide bonds. The highest BCUT2D eigenvalue weighted by molar-refractivity contribution is 5.91. The van der Waals surface area contributed by atoms with Gasteiger partial charge in [0.25, 0.3) is 0 Å². The molecule has 0 fully saturated rings. The van der Waals surface area contributed by atoms with Gasteiger partial charge in [-0.2, -0.15) is 0 Å². The highest BCUT2D eigenvalue weighted by atomic mass is 16.6. The second-order valence-corrected chi connectivity index (χ2v) is 11.7. The fourth-order valence-electron chi connectivity index (χ4n) is 4.71. The molecule has 1 aromatic carbocycles. The zero-order chi connectivity index (χ0) is 39.6. The third-order valence-electron chi connectivity index (χ3n) is 7.37. The van der Waals surface area contributed by atoms with E-state index in [1.165, 1.54) is 12.1 Å². The maximum Gasteiger partial charge on any atom is 0.338 e. The van der Waals surface area contributed by atoms with Crippen LogP contribution < -0.4 is 14.2 Å². The van der Waals surface area contributed by atoms with Crippen molar-refractivity contribution in [1.29, 1.82) is 0 Å². The van der Waals surface area contributed by atoms with Gasteiger partial charge in [0.05, 0.1) is 63.8 Å². The van der Waals surface area contributed by atoms with Crippen LogP contribution in [0, 0.1) is 0 Å². The number of carbonyl (C=O) groups excluding carboxylic acids is 1. The number of aromatic nitrogens is 9. The number of esters is 1. The lowest BCUT2D eigenvalue weighted by Gasteiger charge is -2.17. The number of hydrogen-bond donors (Lipinski definition) is 3. The number of nitrogens with zero attached hydrogens (tertiary/aromatic N) is 12.